The Morgan fingerprint density at radius 1 is 0.548 bits per heavy atom. The van der Waals surface area contributed by atoms with Crippen LogP contribution in [-0.4, -0.2) is 87.8 Å². The van der Waals surface area contributed by atoms with Crippen molar-refractivity contribution in [2.75, 3.05) is 62.2 Å². The van der Waals surface area contributed by atoms with E-state index in [1.165, 1.54) is 48.0 Å². The van der Waals surface area contributed by atoms with Gasteiger partial charge in [0.2, 0.25) is 20.0 Å². The molecule has 20 heteroatoms. The zero-order chi connectivity index (χ0) is 44.3. The van der Waals surface area contributed by atoms with Gasteiger partial charge < -0.3 is 9.80 Å². The van der Waals surface area contributed by atoms with Crippen molar-refractivity contribution < 1.29 is 34.4 Å². The van der Waals surface area contributed by atoms with E-state index >= 15 is 0 Å². The van der Waals surface area contributed by atoms with E-state index in [0.29, 0.717) is 54.8 Å². The summed E-state index contributed by atoms with van der Waals surface area (Å²) in [6, 6.07) is 16.9. The highest BCUT2D eigenvalue weighted by molar-refractivity contribution is 7.89. The topological polar surface area (TPSA) is 107 Å². The molecule has 6 aromatic rings. The maximum atomic E-state index is 14.0. The average Bonchev–Trinajstić information content (AvgIpc) is 3.91. The van der Waals surface area contributed by atoms with Gasteiger partial charge in [-0.05, 0) is 72.5 Å². The standard InChI is InChI=1S/C22H23F2N3O2S2.C20H17Cl2F2N3O2S2/c1-15-3-4-17(11-16(15)2)12-19-14-30-22(25-19)26-7-9-27(10-8-26)31(28,29)21-6-5-18(23)13-20(21)24;21-16-3-1-13(10-17(16)22)9-15-12-30-20(25-15)26-5-7-27(8-6-26)31(28,29)19-4-2-14(23)11-18(19)24/h3-6,11,13-14H,7-10,12H2,1-2H3;1-4,10-12H,5-9H2. The van der Waals surface area contributed by atoms with E-state index in [4.69, 9.17) is 28.2 Å². The number of aromatic nitrogens is 2. The van der Waals surface area contributed by atoms with Gasteiger partial charge >= 0.3 is 0 Å². The van der Waals surface area contributed by atoms with Gasteiger partial charge in [0.15, 0.2) is 10.3 Å². The molecule has 0 amide bonds. The van der Waals surface area contributed by atoms with Crippen LogP contribution in [0.3, 0.4) is 0 Å². The Kier molecular flexibility index (Phi) is 14.3. The summed E-state index contributed by atoms with van der Waals surface area (Å²) in [5.41, 5.74) is 6.56. The predicted octanol–water partition coefficient (Wildman–Crippen LogP) is 8.97. The molecule has 0 bridgehead atoms. The van der Waals surface area contributed by atoms with E-state index < -0.39 is 53.1 Å². The van der Waals surface area contributed by atoms with Gasteiger partial charge in [-0.2, -0.15) is 8.61 Å². The zero-order valence-electron chi connectivity index (χ0n) is 33.4. The van der Waals surface area contributed by atoms with E-state index in [2.05, 4.69) is 37.0 Å². The Morgan fingerprint density at radius 3 is 1.40 bits per heavy atom. The second-order valence-corrected chi connectivity index (χ2v) is 21.0. The first-order valence-corrected chi connectivity index (χ1v) is 24.7. The third-order valence-corrected chi connectivity index (χ3v) is 17.0. The van der Waals surface area contributed by atoms with Gasteiger partial charge in [-0.15, -0.1) is 22.7 Å². The van der Waals surface area contributed by atoms with Crippen LogP contribution in [0.4, 0.5) is 27.8 Å². The van der Waals surface area contributed by atoms with Crippen molar-refractivity contribution in [1.82, 2.24) is 18.6 Å². The number of thiazole rings is 2. The molecule has 2 aliphatic rings. The Hall–Kier alpha value is -4.14. The Bertz CT molecular complexity index is 2610. The minimum Gasteiger partial charge on any atom is -0.345 e. The molecule has 4 aromatic carbocycles. The fraction of sp³-hybridized carbons (Fsp3) is 0.286. The highest BCUT2D eigenvalue weighted by Gasteiger charge is 2.33. The molecule has 2 fully saturated rings. The van der Waals surface area contributed by atoms with Crippen molar-refractivity contribution in [2.45, 2.75) is 36.5 Å². The highest BCUT2D eigenvalue weighted by atomic mass is 35.5. The van der Waals surface area contributed by atoms with E-state index in [1.54, 1.807) is 12.1 Å². The van der Waals surface area contributed by atoms with E-state index in [-0.39, 0.29) is 26.2 Å². The summed E-state index contributed by atoms with van der Waals surface area (Å²) in [7, 11) is -8.04. The lowest BCUT2D eigenvalue weighted by molar-refractivity contribution is 0.381. The molecular formula is C42H40Cl2F4N6O4S4. The summed E-state index contributed by atoms with van der Waals surface area (Å²) < 4.78 is 108. The van der Waals surface area contributed by atoms with Gasteiger partial charge in [-0.3, -0.25) is 0 Å². The number of nitrogens with zero attached hydrogens (tertiary/aromatic N) is 6. The molecule has 0 saturated carbocycles. The molecule has 0 unspecified atom stereocenters. The normalized spacial score (nSPS) is 15.4. The first-order chi connectivity index (χ1) is 29.5. The number of piperazine rings is 2. The molecule has 0 spiro atoms. The summed E-state index contributed by atoms with van der Waals surface area (Å²) in [5, 5.41) is 6.61. The van der Waals surface area contributed by atoms with Crippen LogP contribution in [0.15, 0.2) is 93.3 Å². The molecular weight excluding hydrogens is 928 g/mol. The fourth-order valence-electron chi connectivity index (χ4n) is 6.91. The fourth-order valence-corrected chi connectivity index (χ4v) is 11.9. The lowest BCUT2D eigenvalue weighted by atomic mass is 10.0. The van der Waals surface area contributed by atoms with Crippen molar-refractivity contribution >= 4 is 76.2 Å². The molecule has 328 valence electrons. The third-order valence-electron chi connectivity index (χ3n) is 10.4. The van der Waals surface area contributed by atoms with Crippen LogP contribution in [0.1, 0.15) is 33.6 Å². The number of sulfonamides is 2. The first-order valence-electron chi connectivity index (χ1n) is 19.3. The number of hydrogen-bond donors (Lipinski definition) is 0. The Balaban J connectivity index is 0.000000186. The number of aryl methyl sites for hydroxylation is 2. The molecule has 0 aliphatic carbocycles. The van der Waals surface area contributed by atoms with Gasteiger partial charge in [-0.1, -0.05) is 47.5 Å². The highest BCUT2D eigenvalue weighted by Crippen LogP contribution is 2.30. The largest absolute Gasteiger partial charge is 0.345 e. The summed E-state index contributed by atoms with van der Waals surface area (Å²) in [4.78, 5) is 12.4. The van der Waals surface area contributed by atoms with Crippen LogP contribution >= 0.6 is 45.9 Å². The second-order valence-electron chi connectivity index (χ2n) is 14.7. The SMILES string of the molecule is Cc1ccc(Cc2csc(N3CCN(S(=O)(=O)c4ccc(F)cc4F)CC3)n2)cc1C.O=S(=O)(c1ccc(F)cc1F)N1CCN(c2nc(Cc3ccc(Cl)c(Cl)c3)cs2)CC1. The van der Waals surface area contributed by atoms with Crippen molar-refractivity contribution in [1.29, 1.82) is 0 Å². The number of hydrogen-bond acceptors (Lipinski definition) is 10. The summed E-state index contributed by atoms with van der Waals surface area (Å²) in [6.07, 6.45) is 1.35. The first kappa shape index (κ1) is 45.9. The molecule has 62 heavy (non-hydrogen) atoms. The molecule has 0 N–H and O–H groups in total. The molecule has 2 aromatic heterocycles. The maximum Gasteiger partial charge on any atom is 0.246 e. The Labute approximate surface area is 376 Å². The van der Waals surface area contributed by atoms with Gasteiger partial charge in [0.05, 0.1) is 21.4 Å². The minimum atomic E-state index is -4.03. The molecule has 8 rings (SSSR count). The lowest BCUT2D eigenvalue weighted by Gasteiger charge is -2.33. The van der Waals surface area contributed by atoms with Crippen molar-refractivity contribution in [3.63, 3.8) is 0 Å². The number of benzene rings is 4. The van der Waals surface area contributed by atoms with Crippen LogP contribution in [0.25, 0.3) is 0 Å². The van der Waals surface area contributed by atoms with Crippen molar-refractivity contribution in [3.8, 4) is 0 Å². The van der Waals surface area contributed by atoms with E-state index in [1.807, 2.05) is 26.6 Å². The molecule has 4 heterocycles. The van der Waals surface area contributed by atoms with Gasteiger partial charge in [0, 0.05) is 88.1 Å². The average molecular weight is 968 g/mol. The third kappa shape index (κ3) is 10.6. The lowest BCUT2D eigenvalue weighted by Crippen LogP contribution is -2.48. The molecule has 2 saturated heterocycles. The van der Waals surface area contributed by atoms with Gasteiger partial charge in [-0.25, -0.2) is 44.4 Å². The van der Waals surface area contributed by atoms with E-state index in [9.17, 15) is 34.4 Å². The molecule has 10 nitrogen and oxygen atoms in total. The molecule has 2 aliphatic heterocycles. The van der Waals surface area contributed by atoms with E-state index in [0.717, 1.165) is 57.9 Å². The Morgan fingerprint density at radius 2 is 0.984 bits per heavy atom. The molecule has 0 radical (unpaired) electrons. The summed E-state index contributed by atoms with van der Waals surface area (Å²) in [5.74, 6) is -3.78. The zero-order valence-corrected chi connectivity index (χ0v) is 38.1. The van der Waals surface area contributed by atoms with Gasteiger partial charge in [0.1, 0.15) is 33.1 Å². The second kappa shape index (κ2) is 19.3. The van der Waals surface area contributed by atoms with Crippen LogP contribution < -0.4 is 9.80 Å². The molecule has 0 atom stereocenters. The summed E-state index contributed by atoms with van der Waals surface area (Å²) in [6.45, 7) is 6.72. The summed E-state index contributed by atoms with van der Waals surface area (Å²) >= 11 is 15.0. The van der Waals surface area contributed by atoms with Crippen LogP contribution in [-0.2, 0) is 32.9 Å². The minimum absolute atomic E-state index is 0.181. The predicted molar refractivity (Wildman–Crippen MR) is 237 cm³/mol. The van der Waals surface area contributed by atoms with Crippen LogP contribution in [0.2, 0.25) is 10.0 Å². The quantitative estimate of drug-likeness (QED) is 0.125. The van der Waals surface area contributed by atoms with Crippen LogP contribution in [0.5, 0.6) is 0 Å². The maximum absolute atomic E-state index is 14.0. The van der Waals surface area contributed by atoms with Crippen molar-refractivity contribution in [3.05, 3.63) is 151 Å². The number of halogens is 6. The van der Waals surface area contributed by atoms with Crippen LogP contribution in [0, 0.1) is 37.1 Å². The number of rotatable bonds is 10. The van der Waals surface area contributed by atoms with Gasteiger partial charge in [0.25, 0.3) is 0 Å². The van der Waals surface area contributed by atoms with Crippen molar-refractivity contribution in [2.24, 2.45) is 0 Å². The smallest absolute Gasteiger partial charge is 0.246 e. The number of anilines is 2. The monoisotopic (exact) mass is 966 g/mol.